The maximum Gasteiger partial charge on any atom is 0.417 e. The summed E-state index contributed by atoms with van der Waals surface area (Å²) >= 11 is 0. The zero-order valence-electron chi connectivity index (χ0n) is 10.1. The van der Waals surface area contributed by atoms with Crippen LogP contribution in [-0.2, 0) is 6.18 Å². The molecule has 1 aromatic carbocycles. The summed E-state index contributed by atoms with van der Waals surface area (Å²) in [5, 5.41) is 3.65. The van der Waals surface area contributed by atoms with E-state index >= 15 is 0 Å². The number of benzene rings is 1. The predicted molar refractivity (Wildman–Crippen MR) is 62.2 cm³/mol. The molecule has 0 saturated heterocycles. The highest BCUT2D eigenvalue weighted by Crippen LogP contribution is 2.36. The molecule has 0 saturated carbocycles. The van der Waals surface area contributed by atoms with Crippen LogP contribution in [0.15, 0.2) is 28.8 Å². The smallest absolute Gasteiger partial charge is 0.334 e. The Kier molecular flexibility index (Phi) is 3.57. The van der Waals surface area contributed by atoms with E-state index in [9.17, 15) is 13.2 Å². The third-order valence-electron chi connectivity index (χ3n) is 2.70. The Balaban J connectivity index is 2.45. The van der Waals surface area contributed by atoms with Gasteiger partial charge in [0.1, 0.15) is 0 Å². The predicted octanol–water partition coefficient (Wildman–Crippen LogP) is 2.82. The lowest BCUT2D eigenvalue weighted by molar-refractivity contribution is -0.137. The van der Waals surface area contributed by atoms with Crippen LogP contribution in [0.25, 0.3) is 11.5 Å². The first-order chi connectivity index (χ1) is 8.93. The lowest BCUT2D eigenvalue weighted by Crippen LogP contribution is -2.10. The van der Waals surface area contributed by atoms with Crippen molar-refractivity contribution in [2.75, 3.05) is 6.54 Å². The topological polar surface area (TPSA) is 64.9 Å². The fourth-order valence-corrected chi connectivity index (χ4v) is 1.57. The summed E-state index contributed by atoms with van der Waals surface area (Å²) in [4.78, 5) is 3.97. The summed E-state index contributed by atoms with van der Waals surface area (Å²) in [6.45, 7) is 2.06. The monoisotopic (exact) mass is 271 g/mol. The minimum atomic E-state index is -4.47. The maximum absolute atomic E-state index is 12.9. The molecule has 0 bridgehead atoms. The SMILES string of the molecule is CC(CN)c1noc(-c2ccccc2C(F)(F)F)n1. The molecule has 7 heteroatoms. The average molecular weight is 271 g/mol. The van der Waals surface area contributed by atoms with E-state index in [4.69, 9.17) is 10.3 Å². The molecule has 2 aromatic rings. The van der Waals surface area contributed by atoms with Crippen molar-refractivity contribution in [3.05, 3.63) is 35.7 Å². The average Bonchev–Trinajstić information content (AvgIpc) is 2.86. The van der Waals surface area contributed by atoms with Crippen LogP contribution in [0.1, 0.15) is 24.2 Å². The van der Waals surface area contributed by atoms with Gasteiger partial charge in [-0.15, -0.1) is 0 Å². The van der Waals surface area contributed by atoms with Crippen molar-refractivity contribution in [3.63, 3.8) is 0 Å². The fourth-order valence-electron chi connectivity index (χ4n) is 1.57. The summed E-state index contributed by atoms with van der Waals surface area (Å²) < 4.78 is 43.5. The summed E-state index contributed by atoms with van der Waals surface area (Å²) in [5.41, 5.74) is 4.52. The second-order valence-corrected chi connectivity index (χ2v) is 4.14. The minimum absolute atomic E-state index is 0.127. The van der Waals surface area contributed by atoms with Gasteiger partial charge in [-0.2, -0.15) is 18.2 Å². The molecule has 2 N–H and O–H groups in total. The van der Waals surface area contributed by atoms with Crippen LogP contribution in [0.4, 0.5) is 13.2 Å². The second-order valence-electron chi connectivity index (χ2n) is 4.14. The lowest BCUT2D eigenvalue weighted by Gasteiger charge is -2.09. The first kappa shape index (κ1) is 13.5. The largest absolute Gasteiger partial charge is 0.417 e. The van der Waals surface area contributed by atoms with E-state index in [-0.39, 0.29) is 17.4 Å². The molecule has 0 aliphatic rings. The Labute approximate surface area is 107 Å². The van der Waals surface area contributed by atoms with Crippen molar-refractivity contribution in [1.29, 1.82) is 0 Å². The molecule has 19 heavy (non-hydrogen) atoms. The van der Waals surface area contributed by atoms with E-state index in [1.54, 1.807) is 6.92 Å². The first-order valence-electron chi connectivity index (χ1n) is 5.63. The Hall–Kier alpha value is -1.89. The first-order valence-corrected chi connectivity index (χ1v) is 5.63. The Morgan fingerprint density at radius 3 is 2.63 bits per heavy atom. The molecular weight excluding hydrogens is 259 g/mol. The Morgan fingerprint density at radius 1 is 1.32 bits per heavy atom. The van der Waals surface area contributed by atoms with Crippen molar-refractivity contribution >= 4 is 0 Å². The highest BCUT2D eigenvalue weighted by molar-refractivity contribution is 5.59. The number of nitrogens with zero attached hydrogens (tertiary/aromatic N) is 2. The van der Waals surface area contributed by atoms with E-state index in [0.717, 1.165) is 6.07 Å². The highest BCUT2D eigenvalue weighted by Gasteiger charge is 2.34. The zero-order valence-corrected chi connectivity index (χ0v) is 10.1. The van der Waals surface area contributed by atoms with Gasteiger partial charge in [0.15, 0.2) is 5.82 Å². The molecule has 1 aromatic heterocycles. The quantitative estimate of drug-likeness (QED) is 0.932. The van der Waals surface area contributed by atoms with Gasteiger partial charge in [-0.05, 0) is 12.1 Å². The number of aromatic nitrogens is 2. The van der Waals surface area contributed by atoms with Crippen molar-refractivity contribution in [3.8, 4) is 11.5 Å². The number of rotatable bonds is 3. The van der Waals surface area contributed by atoms with Gasteiger partial charge in [0.25, 0.3) is 5.89 Å². The Morgan fingerprint density at radius 2 is 2.00 bits per heavy atom. The molecule has 0 aliphatic carbocycles. The summed E-state index contributed by atoms with van der Waals surface area (Å²) in [7, 11) is 0. The molecule has 0 spiro atoms. The molecule has 2 rings (SSSR count). The van der Waals surface area contributed by atoms with Gasteiger partial charge in [0, 0.05) is 12.5 Å². The fraction of sp³-hybridized carbons (Fsp3) is 0.333. The minimum Gasteiger partial charge on any atom is -0.334 e. The van der Waals surface area contributed by atoms with Crippen LogP contribution in [0, 0.1) is 0 Å². The molecule has 0 aliphatic heterocycles. The maximum atomic E-state index is 12.9. The molecule has 4 nitrogen and oxygen atoms in total. The number of hydrogen-bond donors (Lipinski definition) is 1. The van der Waals surface area contributed by atoms with Gasteiger partial charge in [0.05, 0.1) is 11.1 Å². The van der Waals surface area contributed by atoms with Crippen molar-refractivity contribution in [2.24, 2.45) is 5.73 Å². The van der Waals surface area contributed by atoms with Crippen LogP contribution in [0.5, 0.6) is 0 Å². The van der Waals surface area contributed by atoms with Gasteiger partial charge < -0.3 is 10.3 Å². The summed E-state index contributed by atoms with van der Waals surface area (Å²) in [5.74, 6) is -0.0201. The van der Waals surface area contributed by atoms with Crippen molar-refractivity contribution < 1.29 is 17.7 Å². The number of nitrogens with two attached hydrogens (primary N) is 1. The zero-order chi connectivity index (χ0) is 14.0. The van der Waals surface area contributed by atoms with Crippen molar-refractivity contribution in [1.82, 2.24) is 10.1 Å². The van der Waals surface area contributed by atoms with E-state index in [1.165, 1.54) is 18.2 Å². The third kappa shape index (κ3) is 2.76. The van der Waals surface area contributed by atoms with E-state index in [1.807, 2.05) is 0 Å². The van der Waals surface area contributed by atoms with Gasteiger partial charge in [-0.3, -0.25) is 0 Å². The molecule has 1 heterocycles. The van der Waals surface area contributed by atoms with Crippen LogP contribution < -0.4 is 5.73 Å². The van der Waals surface area contributed by atoms with E-state index < -0.39 is 11.7 Å². The van der Waals surface area contributed by atoms with E-state index in [2.05, 4.69) is 10.1 Å². The number of hydrogen-bond acceptors (Lipinski definition) is 4. The van der Waals surface area contributed by atoms with Crippen LogP contribution >= 0.6 is 0 Å². The number of halogens is 3. The van der Waals surface area contributed by atoms with Crippen LogP contribution in [0.2, 0.25) is 0 Å². The summed E-state index contributed by atoms with van der Waals surface area (Å²) in [6, 6.07) is 5.08. The van der Waals surface area contributed by atoms with E-state index in [0.29, 0.717) is 12.4 Å². The van der Waals surface area contributed by atoms with Gasteiger partial charge in [0.2, 0.25) is 0 Å². The third-order valence-corrected chi connectivity index (χ3v) is 2.70. The lowest BCUT2D eigenvalue weighted by atomic mass is 10.1. The van der Waals surface area contributed by atoms with Gasteiger partial charge in [-0.1, -0.05) is 24.2 Å². The van der Waals surface area contributed by atoms with Crippen LogP contribution in [0.3, 0.4) is 0 Å². The van der Waals surface area contributed by atoms with Gasteiger partial charge in [-0.25, -0.2) is 0 Å². The highest BCUT2D eigenvalue weighted by atomic mass is 19.4. The number of alkyl halides is 3. The standard InChI is InChI=1S/C12H12F3N3O/c1-7(6-16)10-17-11(19-18-10)8-4-2-3-5-9(8)12(13,14)15/h2-5,7H,6,16H2,1H3. The van der Waals surface area contributed by atoms with Crippen molar-refractivity contribution in [2.45, 2.75) is 19.0 Å². The Bertz CT molecular complexity index is 565. The molecule has 102 valence electrons. The normalized spacial score (nSPS) is 13.5. The summed E-state index contributed by atoms with van der Waals surface area (Å²) in [6.07, 6.45) is -4.47. The van der Waals surface area contributed by atoms with Crippen LogP contribution in [-0.4, -0.2) is 16.7 Å². The molecule has 0 amide bonds. The molecule has 1 atom stereocenters. The second kappa shape index (κ2) is 5.00. The molecular formula is C12H12F3N3O. The molecule has 0 radical (unpaired) electrons. The van der Waals surface area contributed by atoms with Gasteiger partial charge >= 0.3 is 6.18 Å². The molecule has 1 unspecified atom stereocenters. The molecule has 0 fully saturated rings.